The van der Waals surface area contributed by atoms with Crippen molar-refractivity contribution in [2.45, 2.75) is 20.0 Å². The van der Waals surface area contributed by atoms with E-state index in [-0.39, 0.29) is 10.2 Å². The van der Waals surface area contributed by atoms with Crippen LogP contribution in [0.4, 0.5) is 24.5 Å². The average molecular weight is 415 g/mol. The molecule has 0 aliphatic carbocycles. The summed E-state index contributed by atoms with van der Waals surface area (Å²) in [6.07, 6.45) is -4.50. The van der Waals surface area contributed by atoms with E-state index in [1.165, 1.54) is 12.1 Å². The van der Waals surface area contributed by atoms with Crippen molar-refractivity contribution in [2.75, 3.05) is 23.3 Å². The molecule has 0 radical (unpaired) electrons. The van der Waals surface area contributed by atoms with Gasteiger partial charge in [0, 0.05) is 34.5 Å². The molecule has 0 spiro atoms. The molecular weight excluding hydrogens is 397 g/mol. The van der Waals surface area contributed by atoms with Gasteiger partial charge in [0.15, 0.2) is 0 Å². The lowest BCUT2D eigenvalue weighted by molar-refractivity contribution is -0.138. The molecule has 7 heteroatoms. The first-order valence-electron chi connectivity index (χ1n) is 7.79. The highest BCUT2D eigenvalue weighted by atomic mass is 79.9. The summed E-state index contributed by atoms with van der Waals surface area (Å²) < 4.78 is 38.7. The Morgan fingerprint density at radius 1 is 1.08 bits per heavy atom. The summed E-state index contributed by atoms with van der Waals surface area (Å²) in [4.78, 5) is 14.4. The summed E-state index contributed by atoms with van der Waals surface area (Å²) in [5.74, 6) is -0.457. The lowest BCUT2D eigenvalue weighted by Gasteiger charge is -2.21. The fraction of sp³-hybridized carbons (Fsp3) is 0.278. The van der Waals surface area contributed by atoms with Crippen molar-refractivity contribution in [3.63, 3.8) is 0 Å². The number of nitrogens with zero attached hydrogens (tertiary/aromatic N) is 1. The van der Waals surface area contributed by atoms with Gasteiger partial charge in [-0.1, -0.05) is 15.9 Å². The Hall–Kier alpha value is -2.02. The zero-order valence-corrected chi connectivity index (χ0v) is 15.4. The Morgan fingerprint density at radius 3 is 2.20 bits per heavy atom. The lowest BCUT2D eigenvalue weighted by atomic mass is 10.1. The van der Waals surface area contributed by atoms with Crippen LogP contribution >= 0.6 is 15.9 Å². The molecule has 1 N–H and O–H groups in total. The van der Waals surface area contributed by atoms with Gasteiger partial charge >= 0.3 is 6.18 Å². The molecule has 25 heavy (non-hydrogen) atoms. The highest BCUT2D eigenvalue weighted by Gasteiger charge is 2.33. The van der Waals surface area contributed by atoms with Crippen molar-refractivity contribution in [2.24, 2.45) is 0 Å². The molecule has 0 fully saturated rings. The Balaban J connectivity index is 2.17. The molecule has 0 aliphatic rings. The van der Waals surface area contributed by atoms with E-state index >= 15 is 0 Å². The summed E-state index contributed by atoms with van der Waals surface area (Å²) in [5, 5.41) is 2.50. The summed E-state index contributed by atoms with van der Waals surface area (Å²) in [7, 11) is 0. The molecule has 0 saturated carbocycles. The van der Waals surface area contributed by atoms with Crippen LogP contribution < -0.4 is 10.2 Å². The zero-order valence-electron chi connectivity index (χ0n) is 13.8. The van der Waals surface area contributed by atoms with Gasteiger partial charge in [-0.3, -0.25) is 4.79 Å². The number of hydrogen-bond acceptors (Lipinski definition) is 2. The number of amides is 1. The molecule has 0 aromatic heterocycles. The van der Waals surface area contributed by atoms with Crippen molar-refractivity contribution >= 4 is 33.2 Å². The van der Waals surface area contributed by atoms with Crippen LogP contribution in [-0.4, -0.2) is 19.0 Å². The first kappa shape index (κ1) is 19.3. The van der Waals surface area contributed by atoms with Crippen LogP contribution in [0.2, 0.25) is 0 Å². The molecule has 1 amide bonds. The first-order valence-corrected chi connectivity index (χ1v) is 8.58. The van der Waals surface area contributed by atoms with E-state index < -0.39 is 17.6 Å². The number of halogens is 4. The van der Waals surface area contributed by atoms with Crippen LogP contribution in [0, 0.1) is 0 Å². The fourth-order valence-electron chi connectivity index (χ4n) is 2.44. The third-order valence-corrected chi connectivity index (χ3v) is 4.48. The lowest BCUT2D eigenvalue weighted by Crippen LogP contribution is -2.21. The van der Waals surface area contributed by atoms with Gasteiger partial charge in [-0.05, 0) is 56.3 Å². The van der Waals surface area contributed by atoms with Crippen molar-refractivity contribution in [1.29, 1.82) is 0 Å². The van der Waals surface area contributed by atoms with E-state index in [4.69, 9.17) is 0 Å². The Kier molecular flexibility index (Phi) is 6.11. The number of alkyl halides is 3. The fourth-order valence-corrected chi connectivity index (χ4v) is 2.91. The number of carbonyl (C=O) groups excluding carboxylic acids is 1. The van der Waals surface area contributed by atoms with Crippen LogP contribution in [0.3, 0.4) is 0 Å². The SMILES string of the molecule is CCN(CC)c1ccc(C(=O)Nc2ccc(Br)c(C(F)(F)F)c2)cc1. The monoisotopic (exact) mass is 414 g/mol. The smallest absolute Gasteiger partial charge is 0.372 e. The minimum atomic E-state index is -4.50. The van der Waals surface area contributed by atoms with Gasteiger partial charge in [-0.2, -0.15) is 13.2 Å². The second-order valence-electron chi connectivity index (χ2n) is 5.37. The topological polar surface area (TPSA) is 32.3 Å². The summed E-state index contributed by atoms with van der Waals surface area (Å²) in [6.45, 7) is 5.77. The van der Waals surface area contributed by atoms with E-state index in [2.05, 4.69) is 26.1 Å². The van der Waals surface area contributed by atoms with Crippen molar-refractivity contribution < 1.29 is 18.0 Å². The summed E-state index contributed by atoms with van der Waals surface area (Å²) in [6, 6.07) is 10.6. The van der Waals surface area contributed by atoms with E-state index in [1.54, 1.807) is 12.1 Å². The maximum Gasteiger partial charge on any atom is 0.417 e. The molecule has 2 aromatic rings. The van der Waals surface area contributed by atoms with Gasteiger partial charge < -0.3 is 10.2 Å². The number of rotatable bonds is 5. The molecule has 2 rings (SSSR count). The highest BCUT2D eigenvalue weighted by molar-refractivity contribution is 9.10. The Bertz CT molecular complexity index is 741. The van der Waals surface area contributed by atoms with E-state index in [1.807, 2.05) is 26.0 Å². The van der Waals surface area contributed by atoms with E-state index in [0.29, 0.717) is 5.56 Å². The zero-order chi connectivity index (χ0) is 18.6. The third kappa shape index (κ3) is 4.75. The van der Waals surface area contributed by atoms with Gasteiger partial charge in [0.25, 0.3) is 5.91 Å². The largest absolute Gasteiger partial charge is 0.417 e. The van der Waals surface area contributed by atoms with Gasteiger partial charge in [0.05, 0.1) is 5.56 Å². The molecule has 0 aliphatic heterocycles. The molecule has 0 heterocycles. The Morgan fingerprint density at radius 2 is 1.68 bits per heavy atom. The molecule has 3 nitrogen and oxygen atoms in total. The Labute approximate surface area is 153 Å². The summed E-state index contributed by atoms with van der Waals surface area (Å²) in [5.41, 5.74) is 0.632. The molecular formula is C18H18BrF3N2O. The van der Waals surface area contributed by atoms with Crippen LogP contribution in [-0.2, 0) is 6.18 Å². The number of hydrogen-bond donors (Lipinski definition) is 1. The number of carbonyl (C=O) groups is 1. The van der Waals surface area contributed by atoms with Gasteiger partial charge in [0.2, 0.25) is 0 Å². The molecule has 0 unspecified atom stereocenters. The van der Waals surface area contributed by atoms with Gasteiger partial charge in [0.1, 0.15) is 0 Å². The summed E-state index contributed by atoms with van der Waals surface area (Å²) >= 11 is 2.88. The van der Waals surface area contributed by atoms with E-state index in [0.717, 1.165) is 24.8 Å². The van der Waals surface area contributed by atoms with Gasteiger partial charge in [-0.25, -0.2) is 0 Å². The van der Waals surface area contributed by atoms with Crippen LogP contribution in [0.25, 0.3) is 0 Å². The average Bonchev–Trinajstić information content (AvgIpc) is 2.57. The number of anilines is 2. The first-order chi connectivity index (χ1) is 11.8. The molecule has 0 atom stereocenters. The highest BCUT2D eigenvalue weighted by Crippen LogP contribution is 2.36. The van der Waals surface area contributed by atoms with E-state index in [9.17, 15) is 18.0 Å². The van der Waals surface area contributed by atoms with Crippen molar-refractivity contribution in [3.8, 4) is 0 Å². The second kappa shape index (κ2) is 7.91. The maximum absolute atomic E-state index is 12.9. The maximum atomic E-state index is 12.9. The van der Waals surface area contributed by atoms with Crippen molar-refractivity contribution in [1.82, 2.24) is 0 Å². The molecule has 0 saturated heterocycles. The predicted octanol–water partition coefficient (Wildman–Crippen LogP) is 5.57. The van der Waals surface area contributed by atoms with Crippen LogP contribution in [0.1, 0.15) is 29.8 Å². The predicted molar refractivity (Wildman–Crippen MR) is 97.1 cm³/mol. The van der Waals surface area contributed by atoms with Crippen LogP contribution in [0.5, 0.6) is 0 Å². The normalized spacial score (nSPS) is 11.3. The number of nitrogens with one attached hydrogen (secondary N) is 1. The minimum Gasteiger partial charge on any atom is -0.372 e. The minimum absolute atomic E-state index is 0.0680. The molecule has 0 bridgehead atoms. The third-order valence-electron chi connectivity index (χ3n) is 3.79. The molecule has 134 valence electrons. The van der Waals surface area contributed by atoms with Gasteiger partial charge in [-0.15, -0.1) is 0 Å². The van der Waals surface area contributed by atoms with Crippen LogP contribution in [0.15, 0.2) is 46.9 Å². The quantitative estimate of drug-likeness (QED) is 0.693. The van der Waals surface area contributed by atoms with Crippen molar-refractivity contribution in [3.05, 3.63) is 58.1 Å². The number of benzene rings is 2. The second-order valence-corrected chi connectivity index (χ2v) is 6.22. The molecule has 2 aromatic carbocycles. The standard InChI is InChI=1S/C18H18BrF3N2O/c1-3-24(4-2)14-8-5-12(6-9-14)17(25)23-13-7-10-16(19)15(11-13)18(20,21)22/h5-11H,3-4H2,1-2H3,(H,23,25).